The van der Waals surface area contributed by atoms with Crippen molar-refractivity contribution in [3.05, 3.63) is 70.2 Å². The van der Waals surface area contributed by atoms with Crippen LogP contribution in [0.25, 0.3) is 16.6 Å². The van der Waals surface area contributed by atoms with Crippen LogP contribution in [0.5, 0.6) is 0 Å². The van der Waals surface area contributed by atoms with E-state index >= 15 is 0 Å². The van der Waals surface area contributed by atoms with Crippen molar-refractivity contribution in [3.8, 4) is 5.69 Å². The molecule has 1 heterocycles. The molecule has 3 rings (SSSR count). The highest BCUT2D eigenvalue weighted by molar-refractivity contribution is 6.31. The number of hydrogen-bond acceptors (Lipinski definition) is 2. The monoisotopic (exact) mass is 256 g/mol. The molecule has 0 saturated heterocycles. The highest BCUT2D eigenvalue weighted by Gasteiger charge is 2.06. The molecular formula is C14H9ClN2O. The zero-order valence-corrected chi connectivity index (χ0v) is 10.1. The van der Waals surface area contributed by atoms with Crippen LogP contribution in [0.15, 0.2) is 59.5 Å². The predicted molar refractivity (Wildman–Crippen MR) is 72.4 cm³/mol. The molecule has 18 heavy (non-hydrogen) atoms. The van der Waals surface area contributed by atoms with Gasteiger partial charge in [-0.3, -0.25) is 4.57 Å². The van der Waals surface area contributed by atoms with Gasteiger partial charge in [0.1, 0.15) is 0 Å². The van der Waals surface area contributed by atoms with Gasteiger partial charge < -0.3 is 0 Å². The van der Waals surface area contributed by atoms with Crippen LogP contribution in [0.3, 0.4) is 0 Å². The fraction of sp³-hybridized carbons (Fsp3) is 0. The van der Waals surface area contributed by atoms with Crippen LogP contribution in [0.2, 0.25) is 5.02 Å². The molecular weight excluding hydrogens is 248 g/mol. The van der Waals surface area contributed by atoms with E-state index in [0.29, 0.717) is 5.02 Å². The molecule has 0 saturated carbocycles. The molecule has 0 aliphatic heterocycles. The maximum atomic E-state index is 12.0. The molecule has 88 valence electrons. The second-order valence-electron chi connectivity index (χ2n) is 3.91. The topological polar surface area (TPSA) is 34.9 Å². The van der Waals surface area contributed by atoms with Crippen molar-refractivity contribution in [1.82, 2.24) is 9.55 Å². The van der Waals surface area contributed by atoms with Crippen molar-refractivity contribution in [3.63, 3.8) is 0 Å². The molecule has 3 aromatic rings. The van der Waals surface area contributed by atoms with Gasteiger partial charge in [-0.15, -0.1) is 0 Å². The van der Waals surface area contributed by atoms with Crippen molar-refractivity contribution in [1.29, 1.82) is 0 Å². The average Bonchev–Trinajstić information content (AvgIpc) is 2.39. The first-order valence-corrected chi connectivity index (χ1v) is 5.86. The van der Waals surface area contributed by atoms with E-state index in [1.807, 2.05) is 36.4 Å². The number of fused-ring (bicyclic) bond motifs is 1. The Kier molecular flexibility index (Phi) is 2.61. The third-order valence-electron chi connectivity index (χ3n) is 2.75. The molecule has 0 unspecified atom stereocenters. The van der Waals surface area contributed by atoms with Crippen LogP contribution in [0, 0.1) is 0 Å². The molecule has 0 bridgehead atoms. The summed E-state index contributed by atoms with van der Waals surface area (Å²) in [5, 5.41) is 1.47. The molecule has 0 radical (unpaired) electrons. The second-order valence-corrected chi connectivity index (χ2v) is 4.35. The standard InChI is InChI=1S/C14H9ClN2O/c15-11-7-6-10-9-16-14(18)17(13(10)8-11)12-4-2-1-3-5-12/h1-9H. The van der Waals surface area contributed by atoms with Crippen LogP contribution in [-0.4, -0.2) is 9.55 Å². The van der Waals surface area contributed by atoms with Gasteiger partial charge in [-0.25, -0.2) is 9.78 Å². The molecule has 0 N–H and O–H groups in total. The predicted octanol–water partition coefficient (Wildman–Crippen LogP) is 3.04. The minimum absolute atomic E-state index is 0.309. The van der Waals surface area contributed by atoms with E-state index in [1.54, 1.807) is 22.9 Å². The number of halogens is 1. The van der Waals surface area contributed by atoms with E-state index in [-0.39, 0.29) is 5.69 Å². The maximum Gasteiger partial charge on any atom is 0.352 e. The van der Waals surface area contributed by atoms with Gasteiger partial charge in [-0.2, -0.15) is 0 Å². The summed E-state index contributed by atoms with van der Waals surface area (Å²) in [6, 6.07) is 14.8. The average molecular weight is 257 g/mol. The Labute approximate surface area is 108 Å². The van der Waals surface area contributed by atoms with Crippen LogP contribution in [-0.2, 0) is 0 Å². The van der Waals surface area contributed by atoms with Crippen LogP contribution in [0.1, 0.15) is 0 Å². The molecule has 3 nitrogen and oxygen atoms in total. The molecule has 0 aliphatic rings. The molecule has 4 heteroatoms. The largest absolute Gasteiger partial charge is 0.352 e. The molecule has 0 spiro atoms. The highest BCUT2D eigenvalue weighted by Crippen LogP contribution is 2.19. The molecule has 0 aliphatic carbocycles. The van der Waals surface area contributed by atoms with Crippen molar-refractivity contribution < 1.29 is 0 Å². The second kappa shape index (κ2) is 4.27. The van der Waals surface area contributed by atoms with Gasteiger partial charge in [-0.1, -0.05) is 29.8 Å². The number of para-hydroxylation sites is 1. The highest BCUT2D eigenvalue weighted by atomic mass is 35.5. The van der Waals surface area contributed by atoms with Gasteiger partial charge in [-0.05, 0) is 30.3 Å². The van der Waals surface area contributed by atoms with Crippen LogP contribution in [0.4, 0.5) is 0 Å². The summed E-state index contributed by atoms with van der Waals surface area (Å²) in [5.74, 6) is 0. The van der Waals surface area contributed by atoms with E-state index in [0.717, 1.165) is 16.6 Å². The minimum Gasteiger partial charge on any atom is -0.260 e. The van der Waals surface area contributed by atoms with Gasteiger partial charge in [0.2, 0.25) is 0 Å². The Bertz CT molecular complexity index is 766. The van der Waals surface area contributed by atoms with E-state index in [9.17, 15) is 4.79 Å². The maximum absolute atomic E-state index is 12.0. The summed E-state index contributed by atoms with van der Waals surface area (Å²) in [4.78, 5) is 15.8. The van der Waals surface area contributed by atoms with Crippen LogP contribution < -0.4 is 5.69 Å². The first-order valence-electron chi connectivity index (χ1n) is 5.48. The van der Waals surface area contributed by atoms with E-state index < -0.39 is 0 Å². The molecule has 0 amide bonds. The summed E-state index contributed by atoms with van der Waals surface area (Å²) in [7, 11) is 0. The quantitative estimate of drug-likeness (QED) is 0.671. The first-order chi connectivity index (χ1) is 8.75. The number of nitrogens with zero attached hydrogens (tertiary/aromatic N) is 2. The number of aromatic nitrogens is 2. The Hall–Kier alpha value is -2.13. The zero-order chi connectivity index (χ0) is 12.5. The van der Waals surface area contributed by atoms with E-state index in [2.05, 4.69) is 4.98 Å². The molecule has 1 aromatic heterocycles. The number of benzene rings is 2. The normalized spacial score (nSPS) is 10.7. The van der Waals surface area contributed by atoms with Gasteiger partial charge in [0.05, 0.1) is 11.2 Å². The third-order valence-corrected chi connectivity index (χ3v) is 2.99. The first kappa shape index (κ1) is 11.0. The lowest BCUT2D eigenvalue weighted by Crippen LogP contribution is -2.21. The Morgan fingerprint density at radius 3 is 2.61 bits per heavy atom. The number of hydrogen-bond donors (Lipinski definition) is 0. The summed E-state index contributed by atoms with van der Waals surface area (Å²) < 4.78 is 1.56. The summed E-state index contributed by atoms with van der Waals surface area (Å²) in [6.07, 6.45) is 1.56. The van der Waals surface area contributed by atoms with Crippen molar-refractivity contribution in [2.75, 3.05) is 0 Å². The smallest absolute Gasteiger partial charge is 0.260 e. The molecule has 0 atom stereocenters. The van der Waals surface area contributed by atoms with E-state index in [1.165, 1.54) is 0 Å². The summed E-state index contributed by atoms with van der Waals surface area (Å²) in [5.41, 5.74) is 1.23. The van der Waals surface area contributed by atoms with Crippen molar-refractivity contribution >= 4 is 22.5 Å². The third kappa shape index (κ3) is 1.79. The van der Waals surface area contributed by atoms with Gasteiger partial charge in [0.25, 0.3) is 0 Å². The Morgan fingerprint density at radius 2 is 1.83 bits per heavy atom. The van der Waals surface area contributed by atoms with Gasteiger partial charge in [0.15, 0.2) is 0 Å². The lowest BCUT2D eigenvalue weighted by molar-refractivity contribution is 0.960. The SMILES string of the molecule is O=c1ncc2ccc(Cl)cc2n1-c1ccccc1. The summed E-state index contributed by atoms with van der Waals surface area (Å²) >= 11 is 5.99. The van der Waals surface area contributed by atoms with Crippen molar-refractivity contribution in [2.45, 2.75) is 0 Å². The Balaban J connectivity index is 2.44. The number of rotatable bonds is 1. The molecule has 2 aromatic carbocycles. The zero-order valence-electron chi connectivity index (χ0n) is 9.38. The fourth-order valence-corrected chi connectivity index (χ4v) is 2.10. The summed E-state index contributed by atoms with van der Waals surface area (Å²) in [6.45, 7) is 0. The van der Waals surface area contributed by atoms with E-state index in [4.69, 9.17) is 11.6 Å². The minimum atomic E-state index is -0.309. The van der Waals surface area contributed by atoms with Gasteiger partial charge >= 0.3 is 5.69 Å². The fourth-order valence-electron chi connectivity index (χ4n) is 1.93. The lowest BCUT2D eigenvalue weighted by Gasteiger charge is -2.09. The van der Waals surface area contributed by atoms with Crippen molar-refractivity contribution in [2.24, 2.45) is 0 Å². The lowest BCUT2D eigenvalue weighted by atomic mass is 10.2. The Morgan fingerprint density at radius 1 is 1.06 bits per heavy atom. The van der Waals surface area contributed by atoms with Gasteiger partial charge in [0, 0.05) is 16.6 Å². The molecule has 0 fully saturated rings. The van der Waals surface area contributed by atoms with Crippen LogP contribution >= 0.6 is 11.6 Å².